The molecule has 0 atom stereocenters. The largest absolute Gasteiger partial charge is 0.444 e. The Labute approximate surface area is 189 Å². The monoisotopic (exact) mass is 455 g/mol. The van der Waals surface area contributed by atoms with Crippen molar-refractivity contribution < 1.29 is 13.9 Å². The van der Waals surface area contributed by atoms with E-state index in [0.717, 1.165) is 38.9 Å². The van der Waals surface area contributed by atoms with E-state index in [-0.39, 0.29) is 18.0 Å². The molecule has 1 aliphatic heterocycles. The number of nitrogens with zero attached hydrogens (tertiary/aromatic N) is 5. The fourth-order valence-corrected chi connectivity index (χ4v) is 5.25. The van der Waals surface area contributed by atoms with E-state index in [1.807, 2.05) is 39.2 Å². The summed E-state index contributed by atoms with van der Waals surface area (Å²) in [6.45, 7) is 6.92. The summed E-state index contributed by atoms with van der Waals surface area (Å²) < 4.78 is 24.8. The molecule has 1 fully saturated rings. The number of piperidine rings is 1. The molecular formula is C23H26FN5O2S. The first-order valence-corrected chi connectivity index (χ1v) is 11.6. The van der Waals surface area contributed by atoms with E-state index in [4.69, 9.17) is 4.74 Å². The third-order valence-corrected chi connectivity index (χ3v) is 6.82. The standard InChI is InChI=1S/C23H26FN5O2S/c1-23(2,3)31-22(30)28-7-5-16(6-8-28)29-18-11-19(32-20(18)12-25-29)14-9-15-13-27(4)26-21(15)17(24)10-14/h9-13,16H,5-8H2,1-4H3. The van der Waals surface area contributed by atoms with Gasteiger partial charge in [0, 0.05) is 36.6 Å². The number of hydrogen-bond acceptors (Lipinski definition) is 5. The van der Waals surface area contributed by atoms with Crippen LogP contribution in [0, 0.1) is 5.82 Å². The number of fused-ring (bicyclic) bond motifs is 2. The minimum absolute atomic E-state index is 0.214. The number of rotatable bonds is 2. The molecule has 1 aliphatic rings. The van der Waals surface area contributed by atoms with E-state index in [2.05, 4.69) is 20.9 Å². The molecule has 4 heterocycles. The van der Waals surface area contributed by atoms with E-state index >= 15 is 0 Å². The zero-order chi connectivity index (χ0) is 22.6. The number of aromatic nitrogens is 4. The van der Waals surface area contributed by atoms with Gasteiger partial charge in [-0.05, 0) is 57.4 Å². The summed E-state index contributed by atoms with van der Waals surface area (Å²) in [5, 5.41) is 9.59. The summed E-state index contributed by atoms with van der Waals surface area (Å²) in [6, 6.07) is 5.83. The SMILES string of the molecule is Cn1cc2cc(-c3cc4c(cnn4C4CCN(C(=O)OC(C)(C)C)CC4)s3)cc(F)c2n1. The van der Waals surface area contributed by atoms with Crippen LogP contribution in [0.1, 0.15) is 39.7 Å². The molecule has 0 bridgehead atoms. The van der Waals surface area contributed by atoms with Crippen molar-refractivity contribution in [2.75, 3.05) is 13.1 Å². The van der Waals surface area contributed by atoms with Crippen molar-refractivity contribution in [3.05, 3.63) is 36.4 Å². The number of carbonyl (C=O) groups excluding carboxylic acids is 1. The van der Waals surface area contributed by atoms with Crippen LogP contribution in [0.2, 0.25) is 0 Å². The predicted molar refractivity (Wildman–Crippen MR) is 123 cm³/mol. The summed E-state index contributed by atoms with van der Waals surface area (Å²) in [7, 11) is 1.79. The lowest BCUT2D eigenvalue weighted by Gasteiger charge is -2.33. The zero-order valence-electron chi connectivity index (χ0n) is 18.6. The highest BCUT2D eigenvalue weighted by molar-refractivity contribution is 7.22. The van der Waals surface area contributed by atoms with E-state index < -0.39 is 5.60 Å². The Morgan fingerprint density at radius 2 is 1.97 bits per heavy atom. The van der Waals surface area contributed by atoms with Gasteiger partial charge in [-0.1, -0.05) is 0 Å². The molecule has 0 saturated carbocycles. The van der Waals surface area contributed by atoms with Gasteiger partial charge in [-0.15, -0.1) is 11.3 Å². The second-order valence-electron chi connectivity index (χ2n) is 9.35. The van der Waals surface area contributed by atoms with E-state index in [0.29, 0.717) is 18.6 Å². The van der Waals surface area contributed by atoms with E-state index in [9.17, 15) is 9.18 Å². The van der Waals surface area contributed by atoms with Crippen molar-refractivity contribution >= 4 is 38.5 Å². The summed E-state index contributed by atoms with van der Waals surface area (Å²) >= 11 is 1.61. The maximum absolute atomic E-state index is 14.6. The van der Waals surface area contributed by atoms with Gasteiger partial charge in [0.15, 0.2) is 5.82 Å². The van der Waals surface area contributed by atoms with Crippen molar-refractivity contribution in [3.8, 4) is 10.4 Å². The molecule has 32 heavy (non-hydrogen) atoms. The topological polar surface area (TPSA) is 65.2 Å². The van der Waals surface area contributed by atoms with Crippen LogP contribution in [0.25, 0.3) is 31.6 Å². The summed E-state index contributed by atoms with van der Waals surface area (Å²) in [5.41, 5.74) is 1.79. The van der Waals surface area contributed by atoms with Gasteiger partial charge in [0.2, 0.25) is 0 Å². The maximum atomic E-state index is 14.6. The molecule has 1 aromatic carbocycles. The molecule has 0 unspecified atom stereocenters. The third-order valence-electron chi connectivity index (χ3n) is 5.71. The van der Waals surface area contributed by atoms with Gasteiger partial charge in [0.1, 0.15) is 11.1 Å². The van der Waals surface area contributed by atoms with Crippen LogP contribution in [-0.4, -0.2) is 49.2 Å². The molecule has 9 heteroatoms. The lowest BCUT2D eigenvalue weighted by Crippen LogP contribution is -2.42. The lowest BCUT2D eigenvalue weighted by molar-refractivity contribution is 0.0186. The molecule has 1 saturated heterocycles. The Balaban J connectivity index is 1.37. The number of likely N-dealkylation sites (tertiary alicyclic amines) is 1. The van der Waals surface area contributed by atoms with Crippen LogP contribution >= 0.6 is 11.3 Å². The number of carbonyl (C=O) groups is 1. The number of benzene rings is 1. The van der Waals surface area contributed by atoms with Gasteiger partial charge in [0.05, 0.1) is 22.5 Å². The molecule has 1 amide bonds. The molecule has 3 aromatic heterocycles. The average molecular weight is 456 g/mol. The van der Waals surface area contributed by atoms with Crippen molar-refractivity contribution in [2.24, 2.45) is 7.05 Å². The Kier molecular flexibility index (Phi) is 4.96. The predicted octanol–water partition coefficient (Wildman–Crippen LogP) is 5.36. The second kappa shape index (κ2) is 7.58. The van der Waals surface area contributed by atoms with Crippen molar-refractivity contribution in [1.29, 1.82) is 0 Å². The summed E-state index contributed by atoms with van der Waals surface area (Å²) in [4.78, 5) is 15.1. The Bertz CT molecular complexity index is 1310. The number of hydrogen-bond donors (Lipinski definition) is 0. The first-order chi connectivity index (χ1) is 15.2. The van der Waals surface area contributed by atoms with Crippen molar-refractivity contribution in [1.82, 2.24) is 24.5 Å². The lowest BCUT2D eigenvalue weighted by atomic mass is 10.1. The molecule has 0 aliphatic carbocycles. The fraction of sp³-hybridized carbons (Fsp3) is 0.435. The van der Waals surface area contributed by atoms with Gasteiger partial charge in [-0.3, -0.25) is 9.36 Å². The molecule has 0 radical (unpaired) electrons. The normalized spacial score (nSPS) is 15.7. The van der Waals surface area contributed by atoms with Crippen LogP contribution in [0.3, 0.4) is 0 Å². The number of halogens is 1. The second-order valence-corrected chi connectivity index (χ2v) is 10.4. The van der Waals surface area contributed by atoms with E-state index in [1.165, 1.54) is 0 Å². The van der Waals surface area contributed by atoms with Crippen LogP contribution < -0.4 is 0 Å². The summed E-state index contributed by atoms with van der Waals surface area (Å²) in [6.07, 6.45) is 5.08. The molecule has 4 aromatic rings. The highest BCUT2D eigenvalue weighted by atomic mass is 32.1. The molecular weight excluding hydrogens is 429 g/mol. The quantitative estimate of drug-likeness (QED) is 0.408. The summed E-state index contributed by atoms with van der Waals surface area (Å²) in [5.74, 6) is -0.313. The molecule has 168 valence electrons. The molecule has 0 N–H and O–H groups in total. The minimum atomic E-state index is -0.493. The first-order valence-electron chi connectivity index (χ1n) is 10.8. The minimum Gasteiger partial charge on any atom is -0.444 e. The van der Waals surface area contributed by atoms with Crippen LogP contribution in [-0.2, 0) is 11.8 Å². The van der Waals surface area contributed by atoms with Gasteiger partial charge in [-0.25, -0.2) is 9.18 Å². The number of amides is 1. The molecule has 5 rings (SSSR count). The number of thiophene rings is 1. The first kappa shape index (κ1) is 20.9. The fourth-order valence-electron chi connectivity index (χ4n) is 4.25. The van der Waals surface area contributed by atoms with Crippen molar-refractivity contribution in [3.63, 3.8) is 0 Å². The highest BCUT2D eigenvalue weighted by Crippen LogP contribution is 2.37. The molecule has 7 nitrogen and oxygen atoms in total. The van der Waals surface area contributed by atoms with Gasteiger partial charge >= 0.3 is 6.09 Å². The third kappa shape index (κ3) is 3.85. The Morgan fingerprint density at radius 1 is 1.22 bits per heavy atom. The number of ether oxygens (including phenoxy) is 1. The Hall–Kier alpha value is -2.94. The zero-order valence-corrected chi connectivity index (χ0v) is 19.4. The highest BCUT2D eigenvalue weighted by Gasteiger charge is 2.28. The van der Waals surface area contributed by atoms with Crippen LogP contribution in [0.15, 0.2) is 30.6 Å². The van der Waals surface area contributed by atoms with E-state index in [1.54, 1.807) is 34.0 Å². The van der Waals surface area contributed by atoms with Gasteiger partial charge in [-0.2, -0.15) is 10.2 Å². The smallest absolute Gasteiger partial charge is 0.410 e. The van der Waals surface area contributed by atoms with Crippen molar-refractivity contribution in [2.45, 2.75) is 45.3 Å². The van der Waals surface area contributed by atoms with Gasteiger partial charge < -0.3 is 9.64 Å². The Morgan fingerprint density at radius 3 is 2.69 bits per heavy atom. The molecule has 0 spiro atoms. The van der Waals surface area contributed by atoms with Crippen LogP contribution in [0.4, 0.5) is 9.18 Å². The average Bonchev–Trinajstić information content (AvgIpc) is 3.40. The van der Waals surface area contributed by atoms with Gasteiger partial charge in [0.25, 0.3) is 0 Å². The van der Waals surface area contributed by atoms with Crippen LogP contribution in [0.5, 0.6) is 0 Å². The number of aryl methyl sites for hydroxylation is 1. The maximum Gasteiger partial charge on any atom is 0.410 e.